The largest absolute Gasteiger partial charge is 0.324 e. The van der Waals surface area contributed by atoms with Crippen LogP contribution in [0.25, 0.3) is 0 Å². The van der Waals surface area contributed by atoms with Crippen molar-refractivity contribution in [1.29, 1.82) is 0 Å². The third kappa shape index (κ3) is 3.19. The molecule has 0 spiro atoms. The molecular formula is C18H23N5O. The van der Waals surface area contributed by atoms with Crippen LogP contribution in [-0.2, 0) is 17.8 Å². The summed E-state index contributed by atoms with van der Waals surface area (Å²) < 4.78 is 1.91. The maximum atomic E-state index is 12.6. The Balaban J connectivity index is 1.36. The summed E-state index contributed by atoms with van der Waals surface area (Å²) in [5.74, 6) is 0.767. The summed E-state index contributed by atoms with van der Waals surface area (Å²) in [6.45, 7) is 2.89. The van der Waals surface area contributed by atoms with Crippen molar-refractivity contribution in [2.45, 2.75) is 38.3 Å². The molecule has 0 bridgehead atoms. The summed E-state index contributed by atoms with van der Waals surface area (Å²) in [5, 5.41) is 11.0. The average molecular weight is 325 g/mol. The van der Waals surface area contributed by atoms with Gasteiger partial charge in [0.15, 0.2) is 0 Å². The monoisotopic (exact) mass is 325 g/mol. The first-order chi connectivity index (χ1) is 11.8. The molecule has 1 atom stereocenters. The molecule has 126 valence electrons. The zero-order valence-corrected chi connectivity index (χ0v) is 13.8. The molecular weight excluding hydrogens is 302 g/mol. The second kappa shape index (κ2) is 6.73. The van der Waals surface area contributed by atoms with Gasteiger partial charge in [0, 0.05) is 18.4 Å². The van der Waals surface area contributed by atoms with Gasteiger partial charge in [-0.1, -0.05) is 23.4 Å². The number of carbonyl (C=O) groups is 1. The molecule has 1 amide bonds. The van der Waals surface area contributed by atoms with Crippen LogP contribution in [0.15, 0.2) is 36.7 Å². The van der Waals surface area contributed by atoms with Crippen LogP contribution in [0, 0.1) is 5.92 Å². The van der Waals surface area contributed by atoms with Crippen molar-refractivity contribution < 1.29 is 4.79 Å². The summed E-state index contributed by atoms with van der Waals surface area (Å²) in [6, 6.07) is 8.13. The molecule has 1 aromatic carbocycles. The Morgan fingerprint density at radius 2 is 2.00 bits per heavy atom. The van der Waals surface area contributed by atoms with Crippen LogP contribution in [0.2, 0.25) is 0 Å². The highest BCUT2D eigenvalue weighted by atomic mass is 16.2. The second-order valence-corrected chi connectivity index (χ2v) is 6.81. The lowest BCUT2D eigenvalue weighted by Gasteiger charge is -2.36. The Morgan fingerprint density at radius 1 is 1.17 bits per heavy atom. The van der Waals surface area contributed by atoms with E-state index in [4.69, 9.17) is 0 Å². The van der Waals surface area contributed by atoms with E-state index < -0.39 is 0 Å². The average Bonchev–Trinajstić information content (AvgIpc) is 3.04. The van der Waals surface area contributed by atoms with Gasteiger partial charge in [0.2, 0.25) is 5.91 Å². The molecule has 1 fully saturated rings. The van der Waals surface area contributed by atoms with E-state index in [1.807, 2.05) is 29.1 Å². The number of aryl methyl sites for hydroxylation is 1. The van der Waals surface area contributed by atoms with Gasteiger partial charge in [-0.05, 0) is 56.3 Å². The second-order valence-electron chi connectivity index (χ2n) is 6.81. The van der Waals surface area contributed by atoms with E-state index in [2.05, 4.69) is 26.6 Å². The fraction of sp³-hybridized carbons (Fsp3) is 0.500. The topological polar surface area (TPSA) is 63.1 Å². The third-order valence-electron chi connectivity index (χ3n) is 5.27. The highest BCUT2D eigenvalue weighted by Crippen LogP contribution is 2.27. The van der Waals surface area contributed by atoms with E-state index in [1.165, 1.54) is 5.56 Å². The molecule has 2 aliphatic heterocycles. The Bertz CT molecular complexity index is 691. The first kappa shape index (κ1) is 15.3. The number of para-hydroxylation sites is 1. The lowest BCUT2D eigenvalue weighted by atomic mass is 9.94. The van der Waals surface area contributed by atoms with Crippen molar-refractivity contribution in [2.24, 2.45) is 5.92 Å². The van der Waals surface area contributed by atoms with Crippen molar-refractivity contribution >= 4 is 11.6 Å². The van der Waals surface area contributed by atoms with Gasteiger partial charge in [0.1, 0.15) is 0 Å². The van der Waals surface area contributed by atoms with Gasteiger partial charge in [-0.15, -0.1) is 5.10 Å². The molecule has 0 aliphatic carbocycles. The minimum absolute atomic E-state index is 0.00952. The molecule has 0 unspecified atom stereocenters. The van der Waals surface area contributed by atoms with E-state index in [9.17, 15) is 4.79 Å². The standard InChI is InChI=1S/C18H23N5O/c24-18-17(6-5-15-3-1-2-4-16(15)20-18)22-10-7-14(8-11-22)13-23-12-9-19-21-23/h1-4,9,12,14,17H,5-8,10-11,13H2,(H,20,24)/t17-/m1/s1. The lowest BCUT2D eigenvalue weighted by Crippen LogP contribution is -2.47. The molecule has 1 N–H and O–H groups in total. The smallest absolute Gasteiger partial charge is 0.241 e. The number of rotatable bonds is 3. The minimum Gasteiger partial charge on any atom is -0.324 e. The number of aromatic nitrogens is 3. The lowest BCUT2D eigenvalue weighted by molar-refractivity contribution is -0.122. The van der Waals surface area contributed by atoms with Crippen LogP contribution in [0.1, 0.15) is 24.8 Å². The van der Waals surface area contributed by atoms with Crippen LogP contribution >= 0.6 is 0 Å². The molecule has 1 saturated heterocycles. The number of fused-ring (bicyclic) bond motifs is 1. The van der Waals surface area contributed by atoms with Crippen LogP contribution in [0.3, 0.4) is 0 Å². The number of amides is 1. The predicted octanol–water partition coefficient (Wildman–Crippen LogP) is 1.94. The molecule has 2 aliphatic rings. The highest BCUT2D eigenvalue weighted by Gasteiger charge is 2.31. The number of likely N-dealkylation sites (tertiary alicyclic amines) is 1. The summed E-state index contributed by atoms with van der Waals surface area (Å²) in [5.41, 5.74) is 2.22. The maximum absolute atomic E-state index is 12.6. The molecule has 2 aromatic rings. The van der Waals surface area contributed by atoms with Gasteiger partial charge >= 0.3 is 0 Å². The molecule has 6 nitrogen and oxygen atoms in total. The Kier molecular flexibility index (Phi) is 4.30. The zero-order valence-electron chi connectivity index (χ0n) is 13.8. The van der Waals surface area contributed by atoms with Gasteiger partial charge in [-0.2, -0.15) is 0 Å². The van der Waals surface area contributed by atoms with Crippen molar-refractivity contribution in [2.75, 3.05) is 18.4 Å². The summed E-state index contributed by atoms with van der Waals surface area (Å²) in [4.78, 5) is 15.0. The molecule has 0 radical (unpaired) electrons. The predicted molar refractivity (Wildman–Crippen MR) is 91.5 cm³/mol. The highest BCUT2D eigenvalue weighted by molar-refractivity contribution is 5.96. The van der Waals surface area contributed by atoms with Gasteiger partial charge in [0.25, 0.3) is 0 Å². The normalized spacial score (nSPS) is 22.7. The molecule has 0 saturated carbocycles. The van der Waals surface area contributed by atoms with E-state index in [-0.39, 0.29) is 11.9 Å². The number of benzene rings is 1. The summed E-state index contributed by atoms with van der Waals surface area (Å²) in [7, 11) is 0. The number of hydrogen-bond acceptors (Lipinski definition) is 4. The minimum atomic E-state index is -0.00952. The Hall–Kier alpha value is -2.21. The van der Waals surface area contributed by atoms with E-state index in [0.29, 0.717) is 5.92 Å². The van der Waals surface area contributed by atoms with Gasteiger partial charge in [-0.3, -0.25) is 14.4 Å². The number of anilines is 1. The molecule has 4 rings (SSSR count). The van der Waals surface area contributed by atoms with E-state index in [0.717, 1.165) is 51.0 Å². The fourth-order valence-corrected chi connectivity index (χ4v) is 3.89. The van der Waals surface area contributed by atoms with Crippen molar-refractivity contribution in [3.05, 3.63) is 42.2 Å². The SMILES string of the molecule is O=C1Nc2ccccc2CC[C@H]1N1CCC(Cn2ccnn2)CC1. The molecule has 6 heteroatoms. The molecule has 1 aromatic heterocycles. The van der Waals surface area contributed by atoms with Crippen molar-refractivity contribution in [3.63, 3.8) is 0 Å². The Labute approximate surface area is 141 Å². The summed E-state index contributed by atoms with van der Waals surface area (Å²) in [6.07, 6.45) is 7.72. The van der Waals surface area contributed by atoms with Crippen LogP contribution in [0.5, 0.6) is 0 Å². The van der Waals surface area contributed by atoms with Crippen molar-refractivity contribution in [3.8, 4) is 0 Å². The van der Waals surface area contributed by atoms with Gasteiger partial charge in [0.05, 0.1) is 12.2 Å². The zero-order chi connectivity index (χ0) is 16.4. The number of hydrogen-bond donors (Lipinski definition) is 1. The first-order valence-electron chi connectivity index (χ1n) is 8.76. The first-order valence-corrected chi connectivity index (χ1v) is 8.76. The molecule has 3 heterocycles. The van der Waals surface area contributed by atoms with Crippen LogP contribution < -0.4 is 5.32 Å². The van der Waals surface area contributed by atoms with Crippen molar-refractivity contribution in [1.82, 2.24) is 19.9 Å². The number of carbonyl (C=O) groups excluding carboxylic acids is 1. The third-order valence-corrected chi connectivity index (χ3v) is 5.27. The maximum Gasteiger partial charge on any atom is 0.241 e. The number of nitrogens with one attached hydrogen (secondary N) is 1. The number of nitrogens with zero attached hydrogens (tertiary/aromatic N) is 4. The number of piperidine rings is 1. The van der Waals surface area contributed by atoms with Gasteiger partial charge < -0.3 is 5.32 Å². The van der Waals surface area contributed by atoms with E-state index >= 15 is 0 Å². The quantitative estimate of drug-likeness (QED) is 0.937. The molecule has 24 heavy (non-hydrogen) atoms. The van der Waals surface area contributed by atoms with Crippen LogP contribution in [0.4, 0.5) is 5.69 Å². The van der Waals surface area contributed by atoms with Gasteiger partial charge in [-0.25, -0.2) is 0 Å². The summed E-state index contributed by atoms with van der Waals surface area (Å²) >= 11 is 0. The van der Waals surface area contributed by atoms with E-state index in [1.54, 1.807) is 6.20 Å². The fourth-order valence-electron chi connectivity index (χ4n) is 3.89. The Morgan fingerprint density at radius 3 is 2.79 bits per heavy atom. The van der Waals surface area contributed by atoms with Crippen LogP contribution in [-0.4, -0.2) is 44.9 Å².